The quantitative estimate of drug-likeness (QED) is 0.645. The smallest absolute Gasteiger partial charge is 0.234 e. The molecule has 0 aromatic rings. The van der Waals surface area contributed by atoms with E-state index in [1.165, 1.54) is 12.8 Å². The number of nitrogens with one attached hydrogen (secondary N) is 2. The van der Waals surface area contributed by atoms with Crippen molar-refractivity contribution in [1.82, 2.24) is 15.5 Å². The molecule has 0 radical (unpaired) electrons. The van der Waals surface area contributed by atoms with Crippen molar-refractivity contribution in [2.24, 2.45) is 0 Å². The van der Waals surface area contributed by atoms with Crippen LogP contribution >= 0.6 is 0 Å². The molecule has 0 spiro atoms. The van der Waals surface area contributed by atoms with Gasteiger partial charge in [0.05, 0.1) is 13.2 Å². The summed E-state index contributed by atoms with van der Waals surface area (Å²) in [6, 6.07) is 0.773. The van der Waals surface area contributed by atoms with Gasteiger partial charge in [0.2, 0.25) is 5.91 Å². The van der Waals surface area contributed by atoms with Crippen LogP contribution in [0.2, 0.25) is 0 Å². The number of amides is 1. The Morgan fingerprint density at radius 2 is 2.37 bits per heavy atom. The molecule has 0 saturated carbocycles. The van der Waals surface area contributed by atoms with Gasteiger partial charge in [-0.2, -0.15) is 0 Å². The van der Waals surface area contributed by atoms with E-state index in [1.807, 2.05) is 6.92 Å². The molecule has 19 heavy (non-hydrogen) atoms. The summed E-state index contributed by atoms with van der Waals surface area (Å²) in [4.78, 5) is 14.1. The van der Waals surface area contributed by atoms with Crippen LogP contribution in [0.25, 0.3) is 0 Å². The normalized spacial score (nSPS) is 20.7. The van der Waals surface area contributed by atoms with E-state index in [2.05, 4.69) is 22.5 Å². The minimum absolute atomic E-state index is 0.114. The predicted octanol–water partition coefficient (Wildman–Crippen LogP) is 0.602. The Bertz CT molecular complexity index is 255. The Balaban J connectivity index is 2.36. The van der Waals surface area contributed by atoms with Crippen LogP contribution in [0, 0.1) is 0 Å². The lowest BCUT2D eigenvalue weighted by Gasteiger charge is -2.25. The van der Waals surface area contributed by atoms with E-state index >= 15 is 0 Å². The highest BCUT2D eigenvalue weighted by atomic mass is 16.5. The molecule has 0 bridgehead atoms. The average molecular weight is 271 g/mol. The first-order valence-electron chi connectivity index (χ1n) is 7.39. The lowest BCUT2D eigenvalue weighted by atomic mass is 10.2. The second kappa shape index (κ2) is 9.28. The van der Waals surface area contributed by atoms with Crippen molar-refractivity contribution in [1.29, 1.82) is 0 Å². The lowest BCUT2D eigenvalue weighted by molar-refractivity contribution is -0.123. The van der Waals surface area contributed by atoms with Gasteiger partial charge in [0.15, 0.2) is 0 Å². The van der Waals surface area contributed by atoms with E-state index in [0.717, 1.165) is 26.1 Å². The summed E-state index contributed by atoms with van der Waals surface area (Å²) >= 11 is 0. The fourth-order valence-corrected chi connectivity index (χ4v) is 2.31. The summed E-state index contributed by atoms with van der Waals surface area (Å²) in [6.45, 7) is 8.09. The van der Waals surface area contributed by atoms with Crippen LogP contribution in [-0.2, 0) is 9.53 Å². The van der Waals surface area contributed by atoms with E-state index in [9.17, 15) is 4.79 Å². The molecule has 1 aliphatic heterocycles. The van der Waals surface area contributed by atoms with Crippen molar-refractivity contribution >= 4 is 5.91 Å². The Morgan fingerprint density at radius 3 is 2.95 bits per heavy atom. The lowest BCUT2D eigenvalue weighted by Crippen LogP contribution is -2.46. The summed E-state index contributed by atoms with van der Waals surface area (Å²) in [5, 5.41) is 6.49. The average Bonchev–Trinajstić information content (AvgIpc) is 2.88. The Morgan fingerprint density at radius 1 is 1.58 bits per heavy atom. The maximum absolute atomic E-state index is 11.9. The third kappa shape index (κ3) is 6.89. The highest BCUT2D eigenvalue weighted by Crippen LogP contribution is 2.06. The summed E-state index contributed by atoms with van der Waals surface area (Å²) in [5.41, 5.74) is 0. The number of rotatable bonds is 9. The minimum Gasteiger partial charge on any atom is -0.383 e. The van der Waals surface area contributed by atoms with Crippen LogP contribution in [-0.4, -0.2) is 62.8 Å². The van der Waals surface area contributed by atoms with Crippen LogP contribution in [0.1, 0.15) is 33.1 Å². The van der Waals surface area contributed by atoms with Crippen molar-refractivity contribution in [2.45, 2.75) is 45.2 Å². The first kappa shape index (κ1) is 16.4. The molecule has 0 aromatic heterocycles. The number of hydrogen-bond acceptors (Lipinski definition) is 4. The van der Waals surface area contributed by atoms with Crippen LogP contribution in [0.3, 0.4) is 0 Å². The van der Waals surface area contributed by atoms with E-state index < -0.39 is 0 Å². The number of ether oxygens (including phenoxy) is 1. The summed E-state index contributed by atoms with van der Waals surface area (Å²) < 4.78 is 5.13. The SMILES string of the molecule is CCC(C)NC(=O)CN(CCOC)CC1CCCN1. The van der Waals surface area contributed by atoms with E-state index in [0.29, 0.717) is 19.2 Å². The van der Waals surface area contributed by atoms with Gasteiger partial charge in [0.1, 0.15) is 0 Å². The van der Waals surface area contributed by atoms with Gasteiger partial charge >= 0.3 is 0 Å². The molecule has 5 heteroatoms. The van der Waals surface area contributed by atoms with Gasteiger partial charge in [-0.3, -0.25) is 9.69 Å². The van der Waals surface area contributed by atoms with Crippen LogP contribution in [0.4, 0.5) is 0 Å². The van der Waals surface area contributed by atoms with Crippen molar-refractivity contribution in [3.8, 4) is 0 Å². The zero-order valence-corrected chi connectivity index (χ0v) is 12.6. The summed E-state index contributed by atoms with van der Waals surface area (Å²) in [7, 11) is 1.70. The van der Waals surface area contributed by atoms with Crippen molar-refractivity contribution < 1.29 is 9.53 Å². The number of methoxy groups -OCH3 is 1. The van der Waals surface area contributed by atoms with Gasteiger partial charge in [-0.15, -0.1) is 0 Å². The molecule has 1 saturated heterocycles. The number of carbonyl (C=O) groups excluding carboxylic acids is 1. The van der Waals surface area contributed by atoms with Crippen molar-refractivity contribution in [2.75, 3.05) is 39.9 Å². The zero-order chi connectivity index (χ0) is 14.1. The van der Waals surface area contributed by atoms with Gasteiger partial charge < -0.3 is 15.4 Å². The largest absolute Gasteiger partial charge is 0.383 e. The summed E-state index contributed by atoms with van der Waals surface area (Å²) in [5.74, 6) is 0.114. The fourth-order valence-electron chi connectivity index (χ4n) is 2.31. The third-order valence-electron chi connectivity index (χ3n) is 3.64. The molecule has 1 fully saturated rings. The van der Waals surface area contributed by atoms with Crippen LogP contribution in [0.5, 0.6) is 0 Å². The molecule has 2 atom stereocenters. The number of nitrogens with zero attached hydrogens (tertiary/aromatic N) is 1. The molecule has 1 aliphatic rings. The molecule has 1 amide bonds. The monoisotopic (exact) mass is 271 g/mol. The van der Waals surface area contributed by atoms with Crippen LogP contribution < -0.4 is 10.6 Å². The predicted molar refractivity (Wildman–Crippen MR) is 77.2 cm³/mol. The first-order valence-corrected chi connectivity index (χ1v) is 7.39. The summed E-state index contributed by atoms with van der Waals surface area (Å²) in [6.07, 6.45) is 3.41. The standard InChI is InChI=1S/C14H29N3O2/c1-4-12(2)16-14(18)11-17(8-9-19-3)10-13-6-5-7-15-13/h12-13,15H,4-11H2,1-3H3,(H,16,18). The molecular formula is C14H29N3O2. The van der Waals surface area contributed by atoms with Crippen molar-refractivity contribution in [3.63, 3.8) is 0 Å². The molecular weight excluding hydrogens is 242 g/mol. The number of hydrogen-bond donors (Lipinski definition) is 2. The Hall–Kier alpha value is -0.650. The maximum Gasteiger partial charge on any atom is 0.234 e. The molecule has 112 valence electrons. The van der Waals surface area contributed by atoms with E-state index in [-0.39, 0.29) is 11.9 Å². The van der Waals surface area contributed by atoms with Gasteiger partial charge in [-0.25, -0.2) is 0 Å². The molecule has 5 nitrogen and oxygen atoms in total. The molecule has 2 N–H and O–H groups in total. The number of carbonyl (C=O) groups is 1. The highest BCUT2D eigenvalue weighted by Gasteiger charge is 2.19. The third-order valence-corrected chi connectivity index (χ3v) is 3.64. The van der Waals surface area contributed by atoms with Gasteiger partial charge in [0, 0.05) is 32.3 Å². The second-order valence-corrected chi connectivity index (χ2v) is 5.40. The molecule has 1 rings (SSSR count). The van der Waals surface area contributed by atoms with Crippen LogP contribution in [0.15, 0.2) is 0 Å². The Labute approximate surface area is 117 Å². The topological polar surface area (TPSA) is 53.6 Å². The van der Waals surface area contributed by atoms with Gasteiger partial charge in [-0.1, -0.05) is 6.92 Å². The second-order valence-electron chi connectivity index (χ2n) is 5.40. The fraction of sp³-hybridized carbons (Fsp3) is 0.929. The molecule has 1 heterocycles. The van der Waals surface area contributed by atoms with E-state index in [4.69, 9.17) is 4.74 Å². The minimum atomic E-state index is 0.114. The highest BCUT2D eigenvalue weighted by molar-refractivity contribution is 5.78. The zero-order valence-electron chi connectivity index (χ0n) is 12.6. The molecule has 2 unspecified atom stereocenters. The van der Waals surface area contributed by atoms with Gasteiger partial charge in [0.25, 0.3) is 0 Å². The van der Waals surface area contributed by atoms with Crippen molar-refractivity contribution in [3.05, 3.63) is 0 Å². The molecule has 0 aliphatic carbocycles. The Kier molecular flexibility index (Phi) is 8.02. The van der Waals surface area contributed by atoms with Gasteiger partial charge in [-0.05, 0) is 32.7 Å². The van der Waals surface area contributed by atoms with E-state index in [1.54, 1.807) is 7.11 Å². The first-order chi connectivity index (χ1) is 9.15. The maximum atomic E-state index is 11.9. The molecule has 0 aromatic carbocycles.